The summed E-state index contributed by atoms with van der Waals surface area (Å²) in [7, 11) is 0. The van der Waals surface area contributed by atoms with E-state index in [1.165, 1.54) is 0 Å². The summed E-state index contributed by atoms with van der Waals surface area (Å²) in [4.78, 5) is 15.8. The maximum Gasteiger partial charge on any atom is 0.293 e. The number of anilines is 1. The molecule has 96 valence electrons. The normalized spacial score (nSPS) is 10.5. The number of ether oxygens (including phenoxy) is 1. The summed E-state index contributed by atoms with van der Waals surface area (Å²) in [5.41, 5.74) is -0.0800. The minimum absolute atomic E-state index is 0.0800. The zero-order valence-electron chi connectivity index (χ0n) is 10.6. The van der Waals surface area contributed by atoms with Crippen LogP contribution >= 0.6 is 0 Å². The third kappa shape index (κ3) is 4.56. The molecule has 0 fully saturated rings. The molecule has 17 heavy (non-hydrogen) atoms. The Morgan fingerprint density at radius 1 is 1.41 bits per heavy atom. The zero-order valence-corrected chi connectivity index (χ0v) is 10.6. The molecule has 0 aromatic carbocycles. The van der Waals surface area contributed by atoms with Gasteiger partial charge in [-0.25, -0.2) is 4.98 Å². The first-order chi connectivity index (χ1) is 8.29. The van der Waals surface area contributed by atoms with Crippen molar-refractivity contribution in [2.45, 2.75) is 33.2 Å². The summed E-state index contributed by atoms with van der Waals surface area (Å²) in [6.45, 7) is 6.70. The second-order valence-electron chi connectivity index (χ2n) is 3.76. The number of aromatic nitrogens is 2. The Morgan fingerprint density at radius 3 is 2.94 bits per heavy atom. The molecule has 1 heterocycles. The SMILES string of the molecule is CCCCOCCNc1nccn(CC)c1=O. The first-order valence-electron chi connectivity index (χ1n) is 6.16. The van der Waals surface area contributed by atoms with Crippen LogP contribution in [-0.4, -0.2) is 29.3 Å². The van der Waals surface area contributed by atoms with E-state index in [1.807, 2.05) is 6.92 Å². The van der Waals surface area contributed by atoms with Gasteiger partial charge in [0.05, 0.1) is 6.61 Å². The van der Waals surface area contributed by atoms with Gasteiger partial charge in [0.2, 0.25) is 0 Å². The minimum atomic E-state index is -0.0800. The Kier molecular flexibility index (Phi) is 6.32. The number of nitrogens with one attached hydrogen (secondary N) is 1. The molecule has 1 aromatic heterocycles. The van der Waals surface area contributed by atoms with Crippen LogP contribution in [0.2, 0.25) is 0 Å². The first kappa shape index (κ1) is 13.7. The van der Waals surface area contributed by atoms with Gasteiger partial charge in [0.1, 0.15) is 0 Å². The molecule has 0 bridgehead atoms. The third-order valence-electron chi connectivity index (χ3n) is 2.44. The van der Waals surface area contributed by atoms with Crippen LogP contribution in [0.1, 0.15) is 26.7 Å². The number of hydrogen-bond donors (Lipinski definition) is 1. The largest absolute Gasteiger partial charge is 0.380 e. The maximum absolute atomic E-state index is 11.8. The van der Waals surface area contributed by atoms with Gasteiger partial charge >= 0.3 is 0 Å². The highest BCUT2D eigenvalue weighted by Crippen LogP contribution is 1.93. The van der Waals surface area contributed by atoms with E-state index in [0.29, 0.717) is 25.5 Å². The van der Waals surface area contributed by atoms with E-state index in [1.54, 1.807) is 17.0 Å². The topological polar surface area (TPSA) is 56.1 Å². The van der Waals surface area contributed by atoms with Crippen LogP contribution < -0.4 is 10.9 Å². The number of nitrogens with zero attached hydrogens (tertiary/aromatic N) is 2. The molecule has 0 aliphatic rings. The van der Waals surface area contributed by atoms with Gasteiger partial charge in [-0.15, -0.1) is 0 Å². The quantitative estimate of drug-likeness (QED) is 0.698. The van der Waals surface area contributed by atoms with Gasteiger partial charge in [-0.1, -0.05) is 13.3 Å². The van der Waals surface area contributed by atoms with E-state index in [9.17, 15) is 4.79 Å². The summed E-state index contributed by atoms with van der Waals surface area (Å²) < 4.78 is 7.01. The van der Waals surface area contributed by atoms with Crippen molar-refractivity contribution in [2.24, 2.45) is 0 Å². The predicted molar refractivity (Wildman–Crippen MR) is 68.4 cm³/mol. The fourth-order valence-electron chi connectivity index (χ4n) is 1.41. The smallest absolute Gasteiger partial charge is 0.293 e. The fraction of sp³-hybridized carbons (Fsp3) is 0.667. The standard InChI is InChI=1S/C12H21N3O2/c1-3-5-9-17-10-7-14-11-12(16)15(4-2)8-6-13-11/h6,8H,3-5,7,9-10H2,1-2H3,(H,13,14). The number of unbranched alkanes of at least 4 members (excludes halogenated alkanes) is 1. The van der Waals surface area contributed by atoms with Gasteiger partial charge in [-0.3, -0.25) is 4.79 Å². The Labute approximate surface area is 102 Å². The highest BCUT2D eigenvalue weighted by Gasteiger charge is 2.01. The molecule has 0 atom stereocenters. The monoisotopic (exact) mass is 239 g/mol. The molecule has 0 spiro atoms. The number of aryl methyl sites for hydroxylation is 1. The van der Waals surface area contributed by atoms with Crippen molar-refractivity contribution in [3.05, 3.63) is 22.7 Å². The molecule has 0 saturated carbocycles. The Bertz CT molecular complexity index is 376. The van der Waals surface area contributed by atoms with E-state index in [-0.39, 0.29) is 5.56 Å². The van der Waals surface area contributed by atoms with Crippen molar-refractivity contribution >= 4 is 5.82 Å². The maximum atomic E-state index is 11.8. The van der Waals surface area contributed by atoms with Crippen molar-refractivity contribution < 1.29 is 4.74 Å². The Hall–Kier alpha value is -1.36. The van der Waals surface area contributed by atoms with Crippen molar-refractivity contribution in [1.82, 2.24) is 9.55 Å². The first-order valence-corrected chi connectivity index (χ1v) is 6.16. The zero-order chi connectivity index (χ0) is 12.5. The molecule has 5 nitrogen and oxygen atoms in total. The van der Waals surface area contributed by atoms with Gasteiger partial charge in [-0.2, -0.15) is 0 Å². The van der Waals surface area contributed by atoms with Crippen LogP contribution in [0, 0.1) is 0 Å². The predicted octanol–water partition coefficient (Wildman–Crippen LogP) is 1.49. The molecule has 0 aliphatic carbocycles. The van der Waals surface area contributed by atoms with Gasteiger partial charge in [-0.05, 0) is 13.3 Å². The van der Waals surface area contributed by atoms with E-state index in [0.717, 1.165) is 19.4 Å². The van der Waals surface area contributed by atoms with E-state index in [4.69, 9.17) is 4.74 Å². The number of hydrogen-bond acceptors (Lipinski definition) is 4. The van der Waals surface area contributed by atoms with Crippen LogP contribution in [0.25, 0.3) is 0 Å². The van der Waals surface area contributed by atoms with Crippen LogP contribution in [0.5, 0.6) is 0 Å². The van der Waals surface area contributed by atoms with Crippen molar-refractivity contribution in [1.29, 1.82) is 0 Å². The lowest BCUT2D eigenvalue weighted by Gasteiger charge is -2.07. The second-order valence-corrected chi connectivity index (χ2v) is 3.76. The molecule has 0 saturated heterocycles. The molecule has 1 aromatic rings. The highest BCUT2D eigenvalue weighted by molar-refractivity contribution is 5.30. The molecular weight excluding hydrogens is 218 g/mol. The van der Waals surface area contributed by atoms with Crippen molar-refractivity contribution in [3.63, 3.8) is 0 Å². The molecule has 0 aliphatic heterocycles. The average molecular weight is 239 g/mol. The third-order valence-corrected chi connectivity index (χ3v) is 2.44. The average Bonchev–Trinajstić information content (AvgIpc) is 2.35. The van der Waals surface area contributed by atoms with Gasteiger partial charge in [0, 0.05) is 32.1 Å². The second kappa shape index (κ2) is 7.84. The van der Waals surface area contributed by atoms with Gasteiger partial charge in [0.25, 0.3) is 5.56 Å². The molecule has 0 unspecified atom stereocenters. The van der Waals surface area contributed by atoms with E-state index >= 15 is 0 Å². The highest BCUT2D eigenvalue weighted by atomic mass is 16.5. The van der Waals surface area contributed by atoms with Gasteiger partial charge < -0.3 is 14.6 Å². The lowest BCUT2D eigenvalue weighted by Crippen LogP contribution is -2.25. The molecular formula is C12H21N3O2. The fourth-order valence-corrected chi connectivity index (χ4v) is 1.41. The Balaban J connectivity index is 2.34. The van der Waals surface area contributed by atoms with Crippen LogP contribution in [0.4, 0.5) is 5.82 Å². The summed E-state index contributed by atoms with van der Waals surface area (Å²) >= 11 is 0. The molecule has 1 rings (SSSR count). The molecule has 0 radical (unpaired) electrons. The van der Waals surface area contributed by atoms with Crippen LogP contribution in [0.3, 0.4) is 0 Å². The summed E-state index contributed by atoms with van der Waals surface area (Å²) in [6.07, 6.45) is 5.53. The lowest BCUT2D eigenvalue weighted by molar-refractivity contribution is 0.141. The van der Waals surface area contributed by atoms with Crippen LogP contribution in [-0.2, 0) is 11.3 Å². The summed E-state index contributed by atoms with van der Waals surface area (Å²) in [6, 6.07) is 0. The van der Waals surface area contributed by atoms with Crippen molar-refractivity contribution in [2.75, 3.05) is 25.1 Å². The van der Waals surface area contributed by atoms with E-state index < -0.39 is 0 Å². The molecule has 0 amide bonds. The van der Waals surface area contributed by atoms with Crippen molar-refractivity contribution in [3.8, 4) is 0 Å². The molecule has 5 heteroatoms. The summed E-state index contributed by atoms with van der Waals surface area (Å²) in [5.74, 6) is 0.397. The summed E-state index contributed by atoms with van der Waals surface area (Å²) in [5, 5.41) is 3.00. The number of rotatable bonds is 8. The minimum Gasteiger partial charge on any atom is -0.380 e. The Morgan fingerprint density at radius 2 is 2.24 bits per heavy atom. The van der Waals surface area contributed by atoms with Gasteiger partial charge in [0.15, 0.2) is 5.82 Å². The van der Waals surface area contributed by atoms with Crippen LogP contribution in [0.15, 0.2) is 17.2 Å². The van der Waals surface area contributed by atoms with E-state index in [2.05, 4.69) is 17.2 Å². The molecule has 1 N–H and O–H groups in total. The lowest BCUT2D eigenvalue weighted by atomic mass is 10.4.